The fraction of sp³-hybridized carbons (Fsp3) is 0.231. The van der Waals surface area contributed by atoms with E-state index in [1.807, 2.05) is 55.5 Å². The molecular weight excluding hydrogens is 464 g/mol. The average molecular weight is 489 g/mol. The van der Waals surface area contributed by atoms with Gasteiger partial charge >= 0.3 is 0 Å². The first-order valence-corrected chi connectivity index (χ1v) is 12.7. The maximum Gasteiger partial charge on any atom is 0.244 e. The molecule has 0 radical (unpaired) electrons. The summed E-state index contributed by atoms with van der Waals surface area (Å²) < 4.78 is 40.2. The van der Waals surface area contributed by atoms with E-state index in [0.717, 1.165) is 5.56 Å². The molecule has 2 aliphatic heterocycles. The van der Waals surface area contributed by atoms with Gasteiger partial charge in [-0.1, -0.05) is 30.3 Å². The van der Waals surface area contributed by atoms with Crippen LogP contribution in [0.5, 0.6) is 17.2 Å². The van der Waals surface area contributed by atoms with Crippen LogP contribution in [0.3, 0.4) is 0 Å². The highest BCUT2D eigenvalue weighted by Gasteiger charge is 2.37. The van der Waals surface area contributed by atoms with Crippen molar-refractivity contribution in [2.45, 2.75) is 17.9 Å². The molecule has 0 saturated carbocycles. The zero-order valence-electron chi connectivity index (χ0n) is 19.4. The maximum absolute atomic E-state index is 13.5. The molecule has 1 fully saturated rings. The zero-order chi connectivity index (χ0) is 24.6. The van der Waals surface area contributed by atoms with Gasteiger partial charge in [0.15, 0.2) is 17.2 Å². The second kappa shape index (κ2) is 9.06. The molecule has 8 nitrogen and oxygen atoms in total. The summed E-state index contributed by atoms with van der Waals surface area (Å²) >= 11 is 0. The number of aliphatic imine (C=N–C) groups is 1. The van der Waals surface area contributed by atoms with Crippen molar-refractivity contribution in [2.75, 3.05) is 26.7 Å². The predicted octanol–water partition coefficient (Wildman–Crippen LogP) is 4.15. The number of nitrogens with zero attached hydrogens (tertiary/aromatic N) is 4. The van der Waals surface area contributed by atoms with E-state index in [1.165, 1.54) is 16.4 Å². The molecule has 2 heterocycles. The van der Waals surface area contributed by atoms with Crippen LogP contribution in [0.15, 0.2) is 76.6 Å². The van der Waals surface area contributed by atoms with Gasteiger partial charge in [-0.2, -0.15) is 9.57 Å². The van der Waals surface area contributed by atoms with Crippen LogP contribution >= 0.6 is 0 Å². The van der Waals surface area contributed by atoms with Gasteiger partial charge in [0.1, 0.15) is 17.6 Å². The normalized spacial score (nSPS) is 17.8. The van der Waals surface area contributed by atoms with Crippen LogP contribution < -0.4 is 9.47 Å². The molecule has 35 heavy (non-hydrogen) atoms. The Labute approximate surface area is 204 Å². The standard InChI is InChI=1S/C26H24N4O4S/c1-18-17-29(14-15-30(18)35(31,32)24-13-6-3-8-19(24)16-27)26-20-9-7-12-23(33-2)25(20)34-22-11-5-4-10-21(22)28-26/h3-13,18H,14-15,17H2,1-2H3/t18-/m1/s1. The first-order valence-electron chi connectivity index (χ1n) is 11.2. The van der Waals surface area contributed by atoms with E-state index in [2.05, 4.69) is 4.90 Å². The van der Waals surface area contributed by atoms with Crippen LogP contribution in [-0.2, 0) is 10.0 Å². The van der Waals surface area contributed by atoms with Crippen molar-refractivity contribution < 1.29 is 17.9 Å². The van der Waals surface area contributed by atoms with E-state index < -0.39 is 10.0 Å². The van der Waals surface area contributed by atoms with Crippen molar-refractivity contribution in [3.63, 3.8) is 0 Å². The molecule has 5 rings (SSSR count). The topological polar surface area (TPSA) is 95.2 Å². The minimum absolute atomic E-state index is 0.0343. The molecule has 3 aromatic carbocycles. The average Bonchev–Trinajstić information content (AvgIpc) is 3.05. The molecule has 0 amide bonds. The Kier molecular flexibility index (Phi) is 5.93. The lowest BCUT2D eigenvalue weighted by Gasteiger charge is -2.40. The van der Waals surface area contributed by atoms with Crippen LogP contribution in [0.4, 0.5) is 5.69 Å². The third kappa shape index (κ3) is 4.01. The number of benzene rings is 3. The Bertz CT molecular complexity index is 1460. The number of amidine groups is 1. The lowest BCUT2D eigenvalue weighted by molar-refractivity contribution is 0.205. The molecule has 9 heteroatoms. The second-order valence-electron chi connectivity index (χ2n) is 8.36. The quantitative estimate of drug-likeness (QED) is 0.550. The molecule has 0 unspecified atom stereocenters. The van der Waals surface area contributed by atoms with Gasteiger partial charge in [-0.3, -0.25) is 0 Å². The Balaban J connectivity index is 1.51. The zero-order valence-corrected chi connectivity index (χ0v) is 20.2. The highest BCUT2D eigenvalue weighted by atomic mass is 32.2. The minimum Gasteiger partial charge on any atom is -0.493 e. The summed E-state index contributed by atoms with van der Waals surface area (Å²) in [4.78, 5) is 7.05. The summed E-state index contributed by atoms with van der Waals surface area (Å²) in [5.41, 5.74) is 1.61. The van der Waals surface area contributed by atoms with Gasteiger partial charge < -0.3 is 14.4 Å². The molecular formula is C26H24N4O4S. The smallest absolute Gasteiger partial charge is 0.244 e. The Morgan fingerprint density at radius 1 is 1.06 bits per heavy atom. The summed E-state index contributed by atoms with van der Waals surface area (Å²) in [6, 6.07) is 21.1. The molecule has 2 aliphatic rings. The summed E-state index contributed by atoms with van der Waals surface area (Å²) in [6.07, 6.45) is 0. The van der Waals surface area contributed by atoms with E-state index in [0.29, 0.717) is 41.9 Å². The first-order chi connectivity index (χ1) is 16.9. The number of methoxy groups -OCH3 is 1. The van der Waals surface area contributed by atoms with Crippen LogP contribution in [0.2, 0.25) is 0 Å². The SMILES string of the molecule is COc1cccc2c1Oc1ccccc1N=C2N1CCN(S(=O)(=O)c2ccccc2C#N)[C@H](C)C1. The molecule has 1 atom stereocenters. The number of ether oxygens (including phenoxy) is 2. The number of hydrogen-bond acceptors (Lipinski definition) is 7. The van der Waals surface area contributed by atoms with Crippen LogP contribution in [-0.4, -0.2) is 56.2 Å². The van der Waals surface area contributed by atoms with Crippen molar-refractivity contribution in [1.29, 1.82) is 5.26 Å². The van der Waals surface area contributed by atoms with Crippen LogP contribution in [0, 0.1) is 11.3 Å². The monoisotopic (exact) mass is 488 g/mol. The van der Waals surface area contributed by atoms with Crippen molar-refractivity contribution in [1.82, 2.24) is 9.21 Å². The van der Waals surface area contributed by atoms with Crippen LogP contribution in [0.25, 0.3) is 0 Å². The third-order valence-electron chi connectivity index (χ3n) is 6.20. The molecule has 0 bridgehead atoms. The third-order valence-corrected chi connectivity index (χ3v) is 8.28. The lowest BCUT2D eigenvalue weighted by atomic mass is 10.1. The highest BCUT2D eigenvalue weighted by molar-refractivity contribution is 7.89. The minimum atomic E-state index is -3.84. The summed E-state index contributed by atoms with van der Waals surface area (Å²) in [7, 11) is -2.24. The van der Waals surface area contributed by atoms with Gasteiger partial charge in [-0.15, -0.1) is 0 Å². The number of nitriles is 1. The van der Waals surface area contributed by atoms with Gasteiger partial charge in [-0.05, 0) is 43.3 Å². The Morgan fingerprint density at radius 3 is 2.60 bits per heavy atom. The van der Waals surface area contributed by atoms with E-state index in [-0.39, 0.29) is 23.0 Å². The molecule has 0 N–H and O–H groups in total. The van der Waals surface area contributed by atoms with Crippen molar-refractivity contribution in [3.05, 3.63) is 77.9 Å². The van der Waals surface area contributed by atoms with Gasteiger partial charge in [0.25, 0.3) is 0 Å². The molecule has 0 spiro atoms. The van der Waals surface area contributed by atoms with Gasteiger partial charge in [0.05, 0.1) is 23.1 Å². The van der Waals surface area contributed by atoms with E-state index >= 15 is 0 Å². The number of piperazine rings is 1. The van der Waals surface area contributed by atoms with E-state index in [4.69, 9.17) is 14.5 Å². The maximum atomic E-state index is 13.5. The van der Waals surface area contributed by atoms with Crippen LogP contribution in [0.1, 0.15) is 18.1 Å². The highest BCUT2D eigenvalue weighted by Crippen LogP contribution is 2.43. The Hall–Kier alpha value is -3.87. The Morgan fingerprint density at radius 2 is 1.83 bits per heavy atom. The number of hydrogen-bond donors (Lipinski definition) is 0. The van der Waals surface area contributed by atoms with Gasteiger partial charge in [0, 0.05) is 25.7 Å². The molecule has 0 aliphatic carbocycles. The number of fused-ring (bicyclic) bond motifs is 2. The van der Waals surface area contributed by atoms with E-state index in [9.17, 15) is 13.7 Å². The lowest BCUT2D eigenvalue weighted by Crippen LogP contribution is -2.55. The van der Waals surface area contributed by atoms with Gasteiger partial charge in [-0.25, -0.2) is 13.4 Å². The summed E-state index contributed by atoms with van der Waals surface area (Å²) in [5.74, 6) is 2.49. The number of sulfonamides is 1. The summed E-state index contributed by atoms with van der Waals surface area (Å²) in [6.45, 7) is 2.97. The number of rotatable bonds is 3. The largest absolute Gasteiger partial charge is 0.493 e. The number of para-hydroxylation sites is 3. The first kappa shape index (κ1) is 22.9. The molecule has 3 aromatic rings. The molecule has 1 saturated heterocycles. The second-order valence-corrected chi connectivity index (χ2v) is 10.2. The van der Waals surface area contributed by atoms with Crippen molar-refractivity contribution in [2.24, 2.45) is 4.99 Å². The van der Waals surface area contributed by atoms with Crippen molar-refractivity contribution >= 4 is 21.5 Å². The van der Waals surface area contributed by atoms with Gasteiger partial charge in [0.2, 0.25) is 10.0 Å². The van der Waals surface area contributed by atoms with Crippen molar-refractivity contribution in [3.8, 4) is 23.3 Å². The fourth-order valence-corrected chi connectivity index (χ4v) is 6.28. The molecule has 178 valence electrons. The summed E-state index contributed by atoms with van der Waals surface area (Å²) in [5, 5.41) is 9.42. The fourth-order valence-electron chi connectivity index (χ4n) is 4.52. The van der Waals surface area contributed by atoms with E-state index in [1.54, 1.807) is 19.2 Å². The molecule has 0 aromatic heterocycles. The predicted molar refractivity (Wildman–Crippen MR) is 132 cm³/mol.